The van der Waals surface area contributed by atoms with Crippen LogP contribution in [0.3, 0.4) is 0 Å². The predicted molar refractivity (Wildman–Crippen MR) is 96.4 cm³/mol. The number of rotatable bonds is 5. The van der Waals surface area contributed by atoms with Gasteiger partial charge in [-0.15, -0.1) is 0 Å². The van der Waals surface area contributed by atoms with Crippen molar-refractivity contribution in [2.75, 3.05) is 19.0 Å². The molecule has 1 amide bonds. The van der Waals surface area contributed by atoms with Crippen LogP contribution in [0.1, 0.15) is 29.2 Å². The van der Waals surface area contributed by atoms with E-state index in [4.69, 9.17) is 4.52 Å². The number of carbonyl (C=O) groups is 1. The van der Waals surface area contributed by atoms with Gasteiger partial charge in [-0.05, 0) is 36.8 Å². The van der Waals surface area contributed by atoms with Gasteiger partial charge in [0.1, 0.15) is 0 Å². The van der Waals surface area contributed by atoms with Gasteiger partial charge in [-0.3, -0.25) is 4.79 Å². The third-order valence-electron chi connectivity index (χ3n) is 3.91. The van der Waals surface area contributed by atoms with Crippen molar-refractivity contribution in [3.05, 3.63) is 66.1 Å². The number of aromatic nitrogens is 2. The van der Waals surface area contributed by atoms with Gasteiger partial charge < -0.3 is 14.7 Å². The zero-order valence-corrected chi connectivity index (χ0v) is 14.4. The Morgan fingerprint density at radius 2 is 1.76 bits per heavy atom. The monoisotopic (exact) mass is 336 g/mol. The summed E-state index contributed by atoms with van der Waals surface area (Å²) in [5, 5.41) is 6.76. The Morgan fingerprint density at radius 3 is 2.40 bits per heavy atom. The molecular weight excluding hydrogens is 316 g/mol. The van der Waals surface area contributed by atoms with E-state index in [1.807, 2.05) is 80.5 Å². The summed E-state index contributed by atoms with van der Waals surface area (Å²) in [5.41, 5.74) is 2.88. The van der Waals surface area contributed by atoms with E-state index in [2.05, 4.69) is 15.5 Å². The summed E-state index contributed by atoms with van der Waals surface area (Å²) in [6, 6.07) is 17.3. The summed E-state index contributed by atoms with van der Waals surface area (Å²) >= 11 is 0. The quantitative estimate of drug-likeness (QED) is 0.774. The van der Waals surface area contributed by atoms with Crippen molar-refractivity contribution < 1.29 is 9.32 Å². The highest BCUT2D eigenvalue weighted by atomic mass is 16.5. The van der Waals surface area contributed by atoms with Crippen molar-refractivity contribution in [3.8, 4) is 11.4 Å². The van der Waals surface area contributed by atoms with Gasteiger partial charge in [-0.25, -0.2) is 0 Å². The van der Waals surface area contributed by atoms with Gasteiger partial charge in [0.25, 0.3) is 0 Å². The standard InChI is InChI=1S/C19H20N4O2/c1-13(14-7-5-4-6-8-14)20-18(24)19-21-17(22-25-19)15-9-11-16(12-10-15)23(2)3/h4-13H,1-3H3,(H,20,24)/t13-/m0/s1. The van der Waals surface area contributed by atoms with Crippen LogP contribution in [-0.2, 0) is 0 Å². The number of nitrogens with one attached hydrogen (secondary N) is 1. The molecule has 0 unspecified atom stereocenters. The van der Waals surface area contributed by atoms with Crippen LogP contribution >= 0.6 is 0 Å². The van der Waals surface area contributed by atoms with Crippen LogP contribution in [0, 0.1) is 0 Å². The van der Waals surface area contributed by atoms with Gasteiger partial charge >= 0.3 is 11.8 Å². The Kier molecular flexibility index (Phi) is 4.79. The van der Waals surface area contributed by atoms with Crippen molar-refractivity contribution in [1.29, 1.82) is 0 Å². The number of anilines is 1. The molecule has 0 saturated carbocycles. The van der Waals surface area contributed by atoms with Gasteiger partial charge in [0, 0.05) is 25.3 Å². The molecule has 1 heterocycles. The third kappa shape index (κ3) is 3.85. The van der Waals surface area contributed by atoms with Crippen LogP contribution in [0.25, 0.3) is 11.4 Å². The number of carbonyl (C=O) groups excluding carboxylic acids is 1. The molecule has 0 saturated heterocycles. The van der Waals surface area contributed by atoms with Crippen LogP contribution in [0.4, 0.5) is 5.69 Å². The zero-order chi connectivity index (χ0) is 17.8. The van der Waals surface area contributed by atoms with Gasteiger partial charge in [0.15, 0.2) is 0 Å². The minimum absolute atomic E-state index is 0.0468. The zero-order valence-electron chi connectivity index (χ0n) is 14.4. The van der Waals surface area contributed by atoms with Crippen LogP contribution in [-0.4, -0.2) is 30.1 Å². The molecule has 6 heteroatoms. The molecule has 0 fully saturated rings. The minimum Gasteiger partial charge on any atom is -0.378 e. The van der Waals surface area contributed by atoms with Gasteiger partial charge in [0.05, 0.1) is 6.04 Å². The lowest BCUT2D eigenvalue weighted by Crippen LogP contribution is -2.26. The molecule has 0 radical (unpaired) electrons. The van der Waals surface area contributed by atoms with Crippen LogP contribution < -0.4 is 10.2 Å². The predicted octanol–water partition coefficient (Wildman–Crippen LogP) is 3.29. The highest BCUT2D eigenvalue weighted by Crippen LogP contribution is 2.20. The van der Waals surface area contributed by atoms with Gasteiger partial charge in [-0.1, -0.05) is 35.5 Å². The lowest BCUT2D eigenvalue weighted by molar-refractivity contribution is 0.0895. The molecule has 0 spiro atoms. The molecule has 0 bridgehead atoms. The van der Waals surface area contributed by atoms with E-state index < -0.39 is 0 Å². The summed E-state index contributed by atoms with van der Waals surface area (Å²) in [7, 11) is 3.94. The van der Waals surface area contributed by atoms with Crippen LogP contribution in [0.5, 0.6) is 0 Å². The number of nitrogens with zero attached hydrogens (tertiary/aromatic N) is 3. The molecule has 0 aliphatic carbocycles. The van der Waals surface area contributed by atoms with Crippen molar-refractivity contribution >= 4 is 11.6 Å². The second-order valence-electron chi connectivity index (χ2n) is 5.97. The molecule has 3 rings (SSSR count). The molecular formula is C19H20N4O2. The maximum atomic E-state index is 12.3. The fourth-order valence-corrected chi connectivity index (χ4v) is 2.43. The summed E-state index contributed by atoms with van der Waals surface area (Å²) in [6.07, 6.45) is 0. The number of benzene rings is 2. The fraction of sp³-hybridized carbons (Fsp3) is 0.211. The van der Waals surface area contributed by atoms with Gasteiger partial charge in [0.2, 0.25) is 5.82 Å². The van der Waals surface area contributed by atoms with E-state index in [1.165, 1.54) is 0 Å². The summed E-state index contributed by atoms with van der Waals surface area (Å²) in [4.78, 5) is 18.5. The maximum absolute atomic E-state index is 12.3. The second-order valence-corrected chi connectivity index (χ2v) is 5.97. The van der Waals surface area contributed by atoms with Gasteiger partial charge in [-0.2, -0.15) is 4.98 Å². The molecule has 1 aromatic heterocycles. The second kappa shape index (κ2) is 7.17. The lowest BCUT2D eigenvalue weighted by Gasteiger charge is -2.12. The Hall–Kier alpha value is -3.15. The van der Waals surface area contributed by atoms with E-state index in [1.54, 1.807) is 0 Å². The van der Waals surface area contributed by atoms with Crippen molar-refractivity contribution in [2.45, 2.75) is 13.0 Å². The first-order chi connectivity index (χ1) is 12.0. The normalized spacial score (nSPS) is 11.8. The molecule has 128 valence electrons. The SMILES string of the molecule is C[C@H](NC(=O)c1nc(-c2ccc(N(C)C)cc2)no1)c1ccccc1. The summed E-state index contributed by atoms with van der Waals surface area (Å²) in [5.74, 6) is -0.0442. The fourth-order valence-electron chi connectivity index (χ4n) is 2.43. The summed E-state index contributed by atoms with van der Waals surface area (Å²) < 4.78 is 5.11. The Balaban J connectivity index is 1.71. The molecule has 0 aliphatic heterocycles. The van der Waals surface area contributed by atoms with E-state index >= 15 is 0 Å². The average molecular weight is 336 g/mol. The van der Waals surface area contributed by atoms with Crippen molar-refractivity contribution in [3.63, 3.8) is 0 Å². The Morgan fingerprint density at radius 1 is 1.08 bits per heavy atom. The molecule has 1 atom stereocenters. The van der Waals surface area contributed by atoms with Crippen LogP contribution in [0.15, 0.2) is 59.1 Å². The smallest absolute Gasteiger partial charge is 0.316 e. The first kappa shape index (κ1) is 16.7. The Labute approximate surface area is 146 Å². The molecule has 2 aromatic carbocycles. The first-order valence-corrected chi connectivity index (χ1v) is 8.02. The topological polar surface area (TPSA) is 71.3 Å². The molecule has 1 N–H and O–H groups in total. The number of hydrogen-bond donors (Lipinski definition) is 1. The molecule has 6 nitrogen and oxygen atoms in total. The van der Waals surface area contributed by atoms with Crippen molar-refractivity contribution in [2.24, 2.45) is 0 Å². The van der Waals surface area contributed by atoms with Crippen molar-refractivity contribution in [1.82, 2.24) is 15.5 Å². The minimum atomic E-state index is -0.389. The third-order valence-corrected chi connectivity index (χ3v) is 3.91. The first-order valence-electron chi connectivity index (χ1n) is 8.02. The maximum Gasteiger partial charge on any atom is 0.316 e. The molecule has 25 heavy (non-hydrogen) atoms. The highest BCUT2D eigenvalue weighted by molar-refractivity contribution is 5.90. The van der Waals surface area contributed by atoms with Crippen LogP contribution in [0.2, 0.25) is 0 Å². The van der Waals surface area contributed by atoms with E-state index in [-0.39, 0.29) is 17.8 Å². The highest BCUT2D eigenvalue weighted by Gasteiger charge is 2.18. The Bertz CT molecular complexity index is 841. The largest absolute Gasteiger partial charge is 0.378 e. The summed E-state index contributed by atoms with van der Waals surface area (Å²) in [6.45, 7) is 1.91. The van der Waals surface area contributed by atoms with E-state index in [0.717, 1.165) is 16.8 Å². The molecule has 3 aromatic rings. The van der Waals surface area contributed by atoms with E-state index in [0.29, 0.717) is 5.82 Å². The lowest BCUT2D eigenvalue weighted by atomic mass is 10.1. The average Bonchev–Trinajstić information content (AvgIpc) is 3.13. The molecule has 0 aliphatic rings. The number of amides is 1. The van der Waals surface area contributed by atoms with E-state index in [9.17, 15) is 4.79 Å². The number of hydrogen-bond acceptors (Lipinski definition) is 5.